The van der Waals surface area contributed by atoms with Gasteiger partial charge in [-0.3, -0.25) is 9.89 Å². The number of nitrogens with zero attached hydrogens (tertiary/aromatic N) is 2. The third-order valence-electron chi connectivity index (χ3n) is 3.74. The van der Waals surface area contributed by atoms with Crippen LogP contribution in [0, 0.1) is 4.77 Å². The Kier molecular flexibility index (Phi) is 5.50. The predicted molar refractivity (Wildman–Crippen MR) is 102 cm³/mol. The maximum Gasteiger partial charge on any atom is 0.258 e. The second kappa shape index (κ2) is 7.79. The number of rotatable bonds is 6. The summed E-state index contributed by atoms with van der Waals surface area (Å²) in [5.74, 6) is 1.13. The third kappa shape index (κ3) is 4.26. The summed E-state index contributed by atoms with van der Waals surface area (Å²) in [6.45, 7) is 2.91. The molecule has 0 bridgehead atoms. The van der Waals surface area contributed by atoms with Crippen LogP contribution in [0.5, 0.6) is 5.75 Å². The topological polar surface area (TPSA) is 71.9 Å². The normalized spacial score (nSPS) is 10.8. The number of ether oxygens (including phenoxy) is 1. The van der Waals surface area contributed by atoms with Crippen LogP contribution in [0.3, 0.4) is 0 Å². The Morgan fingerprint density at radius 2 is 2.08 bits per heavy atom. The Bertz CT molecular complexity index is 967. The molecule has 0 saturated heterocycles. The molecule has 1 aromatic heterocycles. The van der Waals surface area contributed by atoms with Gasteiger partial charge in [-0.2, -0.15) is 5.10 Å². The van der Waals surface area contributed by atoms with Crippen molar-refractivity contribution in [1.82, 2.24) is 20.1 Å². The second-order valence-electron chi connectivity index (χ2n) is 5.41. The number of amides is 1. The molecule has 8 heteroatoms. The summed E-state index contributed by atoms with van der Waals surface area (Å²) in [5.41, 5.74) is 0. The van der Waals surface area contributed by atoms with Crippen molar-refractivity contribution in [2.75, 3.05) is 6.61 Å². The number of hydrogen-bond donors (Lipinski definition) is 2. The van der Waals surface area contributed by atoms with Crippen LogP contribution in [-0.2, 0) is 17.9 Å². The summed E-state index contributed by atoms with van der Waals surface area (Å²) in [5, 5.41) is 11.8. The van der Waals surface area contributed by atoms with Crippen molar-refractivity contribution < 1.29 is 9.53 Å². The predicted octanol–water partition coefficient (Wildman–Crippen LogP) is 3.57. The highest BCUT2D eigenvalue weighted by atomic mass is 79.9. The molecule has 6 nitrogen and oxygen atoms in total. The van der Waals surface area contributed by atoms with Gasteiger partial charge in [-0.15, -0.1) is 0 Å². The van der Waals surface area contributed by atoms with Gasteiger partial charge in [-0.05, 0) is 54.2 Å². The molecule has 0 saturated carbocycles. The summed E-state index contributed by atoms with van der Waals surface area (Å²) in [7, 11) is 0. The van der Waals surface area contributed by atoms with E-state index < -0.39 is 0 Å². The van der Waals surface area contributed by atoms with E-state index in [0.29, 0.717) is 29.4 Å². The number of nitrogens with one attached hydrogen (secondary N) is 2. The number of carbonyl (C=O) groups is 1. The average Bonchev–Trinajstić information content (AvgIpc) is 2.97. The monoisotopic (exact) mass is 420 g/mol. The van der Waals surface area contributed by atoms with Crippen molar-refractivity contribution >= 4 is 44.8 Å². The lowest BCUT2D eigenvalue weighted by molar-refractivity contribution is -0.123. The fourth-order valence-electron chi connectivity index (χ4n) is 2.47. The van der Waals surface area contributed by atoms with Gasteiger partial charge in [-0.1, -0.05) is 28.1 Å². The number of fused-ring (bicyclic) bond motifs is 1. The van der Waals surface area contributed by atoms with E-state index in [1.807, 2.05) is 47.9 Å². The Hall–Kier alpha value is -2.19. The first kappa shape index (κ1) is 17.6. The van der Waals surface area contributed by atoms with E-state index >= 15 is 0 Å². The third-order valence-corrected chi connectivity index (χ3v) is 4.55. The van der Waals surface area contributed by atoms with Crippen LogP contribution in [0.4, 0.5) is 0 Å². The van der Waals surface area contributed by atoms with Crippen LogP contribution in [0.25, 0.3) is 10.8 Å². The lowest BCUT2D eigenvalue weighted by atomic mass is 10.1. The molecule has 0 aliphatic rings. The maximum absolute atomic E-state index is 12.0. The van der Waals surface area contributed by atoms with Gasteiger partial charge in [-0.25, -0.2) is 0 Å². The average molecular weight is 421 g/mol. The minimum atomic E-state index is -0.215. The van der Waals surface area contributed by atoms with Crippen molar-refractivity contribution in [1.29, 1.82) is 0 Å². The van der Waals surface area contributed by atoms with Gasteiger partial charge in [0, 0.05) is 11.0 Å². The minimum absolute atomic E-state index is 0.0562. The molecule has 25 heavy (non-hydrogen) atoms. The van der Waals surface area contributed by atoms with E-state index in [0.717, 1.165) is 15.2 Å². The molecule has 0 atom stereocenters. The van der Waals surface area contributed by atoms with Crippen LogP contribution in [0.2, 0.25) is 0 Å². The molecule has 0 unspecified atom stereocenters. The molecule has 130 valence electrons. The van der Waals surface area contributed by atoms with Crippen LogP contribution >= 0.6 is 28.1 Å². The minimum Gasteiger partial charge on any atom is -0.484 e. The first-order valence-corrected chi connectivity index (χ1v) is 9.00. The van der Waals surface area contributed by atoms with E-state index in [-0.39, 0.29) is 12.5 Å². The Morgan fingerprint density at radius 1 is 1.32 bits per heavy atom. The lowest BCUT2D eigenvalue weighted by Crippen LogP contribution is -2.29. The van der Waals surface area contributed by atoms with Crippen LogP contribution < -0.4 is 10.1 Å². The smallest absolute Gasteiger partial charge is 0.258 e. The summed E-state index contributed by atoms with van der Waals surface area (Å²) >= 11 is 8.57. The molecule has 3 aromatic rings. The number of halogens is 1. The molecule has 1 heterocycles. The van der Waals surface area contributed by atoms with E-state index in [2.05, 4.69) is 31.4 Å². The van der Waals surface area contributed by atoms with E-state index in [1.165, 1.54) is 0 Å². The molecule has 0 spiro atoms. The lowest BCUT2D eigenvalue weighted by Gasteiger charge is -2.09. The van der Waals surface area contributed by atoms with Crippen molar-refractivity contribution in [3.8, 4) is 5.75 Å². The van der Waals surface area contributed by atoms with Crippen LogP contribution in [0.15, 0.2) is 40.9 Å². The number of benzene rings is 2. The highest BCUT2D eigenvalue weighted by Gasteiger charge is 2.08. The van der Waals surface area contributed by atoms with Crippen molar-refractivity contribution in [3.05, 3.63) is 51.5 Å². The number of carbonyl (C=O) groups excluding carboxylic acids is 1. The molecule has 2 aromatic carbocycles. The first-order valence-electron chi connectivity index (χ1n) is 7.79. The molecule has 0 fully saturated rings. The quantitative estimate of drug-likeness (QED) is 0.597. The summed E-state index contributed by atoms with van der Waals surface area (Å²) < 4.78 is 8.98. The van der Waals surface area contributed by atoms with E-state index in [1.54, 1.807) is 0 Å². The Morgan fingerprint density at radius 3 is 2.88 bits per heavy atom. The van der Waals surface area contributed by atoms with Gasteiger partial charge in [0.15, 0.2) is 17.2 Å². The van der Waals surface area contributed by atoms with Crippen molar-refractivity contribution in [3.63, 3.8) is 0 Å². The number of aromatic nitrogens is 3. The summed E-state index contributed by atoms with van der Waals surface area (Å²) in [6, 6.07) is 11.7. The fraction of sp³-hybridized carbons (Fsp3) is 0.235. The molecule has 2 N–H and O–H groups in total. The molecule has 0 aliphatic heterocycles. The number of aromatic amines is 1. The van der Waals surface area contributed by atoms with Gasteiger partial charge < -0.3 is 14.6 Å². The van der Waals surface area contributed by atoms with Gasteiger partial charge >= 0.3 is 0 Å². The summed E-state index contributed by atoms with van der Waals surface area (Å²) in [4.78, 5) is 12.0. The largest absolute Gasteiger partial charge is 0.484 e. The van der Waals surface area contributed by atoms with Gasteiger partial charge in [0.2, 0.25) is 0 Å². The van der Waals surface area contributed by atoms with Crippen molar-refractivity contribution in [2.45, 2.75) is 20.0 Å². The molecule has 0 aliphatic carbocycles. The molecular weight excluding hydrogens is 404 g/mol. The standard InChI is InChI=1S/C17H17BrN4O2S/c1-2-22-15(20-21-17(22)25)9-19-16(23)10-24-14-6-4-11-7-13(18)5-3-12(11)8-14/h3-8H,2,9-10H2,1H3,(H,19,23)(H,21,25). The fourth-order valence-corrected chi connectivity index (χ4v) is 3.13. The highest BCUT2D eigenvalue weighted by molar-refractivity contribution is 9.10. The maximum atomic E-state index is 12.0. The zero-order valence-corrected chi connectivity index (χ0v) is 16.0. The van der Waals surface area contributed by atoms with E-state index in [4.69, 9.17) is 17.0 Å². The van der Waals surface area contributed by atoms with Gasteiger partial charge in [0.1, 0.15) is 5.75 Å². The van der Waals surface area contributed by atoms with Gasteiger partial charge in [0.05, 0.1) is 6.54 Å². The Labute approximate surface area is 158 Å². The SMILES string of the molecule is CCn1c(CNC(=O)COc2ccc3cc(Br)ccc3c2)n[nH]c1=S. The molecular formula is C17H17BrN4O2S. The molecule has 1 amide bonds. The molecule has 3 rings (SSSR count). The number of H-pyrrole nitrogens is 1. The zero-order chi connectivity index (χ0) is 17.8. The van der Waals surface area contributed by atoms with Crippen LogP contribution in [-0.4, -0.2) is 27.3 Å². The van der Waals surface area contributed by atoms with Crippen molar-refractivity contribution in [2.24, 2.45) is 0 Å². The second-order valence-corrected chi connectivity index (χ2v) is 6.71. The molecule has 0 radical (unpaired) electrons. The zero-order valence-electron chi connectivity index (χ0n) is 13.6. The summed E-state index contributed by atoms with van der Waals surface area (Å²) in [6.07, 6.45) is 0. The first-order chi connectivity index (χ1) is 12.1. The van der Waals surface area contributed by atoms with Crippen LogP contribution in [0.1, 0.15) is 12.7 Å². The number of hydrogen-bond acceptors (Lipinski definition) is 4. The highest BCUT2D eigenvalue weighted by Crippen LogP contribution is 2.24. The van der Waals surface area contributed by atoms with E-state index in [9.17, 15) is 4.79 Å². The Balaban J connectivity index is 1.57. The van der Waals surface area contributed by atoms with Gasteiger partial charge in [0.25, 0.3) is 5.91 Å².